The molecule has 8 heteroatoms. The molecule has 1 N–H and O–H groups in total. The third-order valence-electron chi connectivity index (χ3n) is 3.69. The summed E-state index contributed by atoms with van der Waals surface area (Å²) in [6.07, 6.45) is 5.36. The number of carboxylic acids is 1. The summed E-state index contributed by atoms with van der Waals surface area (Å²) in [5, 5.41) is 9.85. The fraction of sp³-hybridized carbons (Fsp3) is 0.357. The Hall–Kier alpha value is -2.35. The van der Waals surface area contributed by atoms with Crippen molar-refractivity contribution in [3.05, 3.63) is 29.5 Å². The molecular formula is C14H14N4O3S. The lowest BCUT2D eigenvalue weighted by molar-refractivity contribution is -0.142. The molecule has 3 heterocycles. The second-order valence-corrected chi connectivity index (χ2v) is 6.18. The van der Waals surface area contributed by atoms with Crippen LogP contribution in [0.15, 0.2) is 24.7 Å². The van der Waals surface area contributed by atoms with Gasteiger partial charge in [0.1, 0.15) is 10.9 Å². The summed E-state index contributed by atoms with van der Waals surface area (Å²) < 4.78 is 0. The highest BCUT2D eigenvalue weighted by Crippen LogP contribution is 2.29. The zero-order valence-electron chi connectivity index (χ0n) is 11.8. The van der Waals surface area contributed by atoms with Gasteiger partial charge in [-0.25, -0.2) is 19.7 Å². The molecule has 1 amide bonds. The van der Waals surface area contributed by atoms with Crippen molar-refractivity contribution in [1.29, 1.82) is 0 Å². The summed E-state index contributed by atoms with van der Waals surface area (Å²) >= 11 is 1.18. The van der Waals surface area contributed by atoms with Crippen LogP contribution in [0.1, 0.15) is 23.0 Å². The van der Waals surface area contributed by atoms with Gasteiger partial charge in [0.15, 0.2) is 10.8 Å². The number of aliphatic carboxylic acids is 1. The zero-order valence-corrected chi connectivity index (χ0v) is 12.7. The minimum Gasteiger partial charge on any atom is -0.480 e. The molecule has 0 bridgehead atoms. The van der Waals surface area contributed by atoms with Gasteiger partial charge in [-0.1, -0.05) is 6.92 Å². The summed E-state index contributed by atoms with van der Waals surface area (Å²) in [5.74, 6) is -0.853. The van der Waals surface area contributed by atoms with Gasteiger partial charge in [0.25, 0.3) is 5.91 Å². The van der Waals surface area contributed by atoms with E-state index in [1.54, 1.807) is 18.5 Å². The van der Waals surface area contributed by atoms with E-state index in [1.807, 2.05) is 6.92 Å². The highest BCUT2D eigenvalue weighted by molar-refractivity contribution is 7.16. The van der Waals surface area contributed by atoms with Crippen molar-refractivity contribution < 1.29 is 14.7 Å². The Morgan fingerprint density at radius 1 is 1.32 bits per heavy atom. The molecule has 0 aromatic carbocycles. The van der Waals surface area contributed by atoms with E-state index in [9.17, 15) is 14.7 Å². The van der Waals surface area contributed by atoms with Crippen LogP contribution in [-0.4, -0.2) is 49.4 Å². The van der Waals surface area contributed by atoms with Gasteiger partial charge in [-0.2, -0.15) is 0 Å². The molecule has 1 aliphatic heterocycles. The van der Waals surface area contributed by atoms with Crippen molar-refractivity contribution in [1.82, 2.24) is 19.9 Å². The predicted octanol–water partition coefficient (Wildman–Crippen LogP) is 1.54. The van der Waals surface area contributed by atoms with E-state index in [0.29, 0.717) is 28.7 Å². The fourth-order valence-electron chi connectivity index (χ4n) is 2.58. The van der Waals surface area contributed by atoms with Gasteiger partial charge in [-0.3, -0.25) is 4.79 Å². The normalized spacial score (nSPS) is 21.0. The number of amides is 1. The first-order valence-electron chi connectivity index (χ1n) is 6.85. The number of rotatable bonds is 3. The van der Waals surface area contributed by atoms with Crippen molar-refractivity contribution in [2.24, 2.45) is 5.92 Å². The number of nitrogens with zero attached hydrogens (tertiary/aromatic N) is 4. The van der Waals surface area contributed by atoms with E-state index >= 15 is 0 Å². The Morgan fingerprint density at radius 3 is 2.73 bits per heavy atom. The molecule has 3 rings (SSSR count). The quantitative estimate of drug-likeness (QED) is 0.922. The molecule has 2 atom stereocenters. The van der Waals surface area contributed by atoms with Gasteiger partial charge in [0.05, 0.1) is 6.20 Å². The fourth-order valence-corrected chi connectivity index (χ4v) is 3.40. The number of hydrogen-bond donors (Lipinski definition) is 1. The summed E-state index contributed by atoms with van der Waals surface area (Å²) in [6.45, 7) is 2.30. The Labute approximate surface area is 130 Å². The number of likely N-dealkylation sites (tertiary alicyclic amines) is 1. The molecule has 1 aliphatic rings. The average molecular weight is 318 g/mol. The Balaban J connectivity index is 1.84. The monoisotopic (exact) mass is 318 g/mol. The topological polar surface area (TPSA) is 96.3 Å². The molecule has 2 aromatic rings. The van der Waals surface area contributed by atoms with Crippen molar-refractivity contribution in [2.75, 3.05) is 6.54 Å². The van der Waals surface area contributed by atoms with Crippen LogP contribution >= 0.6 is 11.3 Å². The SMILES string of the molecule is CC1CCN(C(=O)c2cnc(-c3ncccn3)s2)C1C(=O)O. The van der Waals surface area contributed by atoms with E-state index in [-0.39, 0.29) is 11.8 Å². The van der Waals surface area contributed by atoms with Crippen molar-refractivity contribution in [3.63, 3.8) is 0 Å². The van der Waals surface area contributed by atoms with Crippen molar-refractivity contribution >= 4 is 23.2 Å². The summed E-state index contributed by atoms with van der Waals surface area (Å²) in [5.41, 5.74) is 0. The van der Waals surface area contributed by atoms with E-state index < -0.39 is 12.0 Å². The lowest BCUT2D eigenvalue weighted by atomic mass is 10.0. The lowest BCUT2D eigenvalue weighted by Gasteiger charge is -2.22. The van der Waals surface area contributed by atoms with Crippen molar-refractivity contribution in [2.45, 2.75) is 19.4 Å². The maximum atomic E-state index is 12.5. The number of hydrogen-bond acceptors (Lipinski definition) is 6. The van der Waals surface area contributed by atoms with Gasteiger partial charge in [-0.15, -0.1) is 11.3 Å². The van der Waals surface area contributed by atoms with Crippen LogP contribution in [0.3, 0.4) is 0 Å². The molecular weight excluding hydrogens is 304 g/mol. The molecule has 22 heavy (non-hydrogen) atoms. The number of aromatic nitrogens is 3. The minimum atomic E-state index is -0.963. The maximum Gasteiger partial charge on any atom is 0.326 e. The van der Waals surface area contributed by atoms with E-state index in [4.69, 9.17) is 0 Å². The lowest BCUT2D eigenvalue weighted by Crippen LogP contribution is -2.42. The second kappa shape index (κ2) is 5.80. The van der Waals surface area contributed by atoms with Gasteiger partial charge in [0, 0.05) is 18.9 Å². The first-order valence-corrected chi connectivity index (χ1v) is 7.66. The smallest absolute Gasteiger partial charge is 0.326 e. The van der Waals surface area contributed by atoms with Crippen LogP contribution < -0.4 is 0 Å². The van der Waals surface area contributed by atoms with Crippen molar-refractivity contribution in [3.8, 4) is 10.8 Å². The first kappa shape index (κ1) is 14.6. The number of carbonyl (C=O) groups excluding carboxylic acids is 1. The third-order valence-corrected chi connectivity index (χ3v) is 4.67. The molecule has 0 saturated carbocycles. The number of carbonyl (C=O) groups is 2. The molecule has 114 valence electrons. The molecule has 0 aliphatic carbocycles. The number of carboxylic acid groups (broad SMARTS) is 1. The predicted molar refractivity (Wildman–Crippen MR) is 79.4 cm³/mol. The highest BCUT2D eigenvalue weighted by atomic mass is 32.1. The Morgan fingerprint density at radius 2 is 2.05 bits per heavy atom. The second-order valence-electron chi connectivity index (χ2n) is 5.15. The third kappa shape index (κ3) is 2.57. The maximum absolute atomic E-state index is 12.5. The summed E-state index contributed by atoms with van der Waals surface area (Å²) in [6, 6.07) is 0.928. The largest absolute Gasteiger partial charge is 0.480 e. The molecule has 1 saturated heterocycles. The zero-order chi connectivity index (χ0) is 15.7. The van der Waals surface area contributed by atoms with Crippen LogP contribution in [0.2, 0.25) is 0 Å². The summed E-state index contributed by atoms with van der Waals surface area (Å²) in [4.78, 5) is 38.1. The van der Waals surface area contributed by atoms with Gasteiger partial charge in [0.2, 0.25) is 0 Å². The molecule has 2 unspecified atom stereocenters. The van der Waals surface area contributed by atoms with Crippen LogP contribution in [0.5, 0.6) is 0 Å². The summed E-state index contributed by atoms with van der Waals surface area (Å²) in [7, 11) is 0. The van der Waals surface area contributed by atoms with E-state index in [0.717, 1.165) is 0 Å². The molecule has 1 fully saturated rings. The Bertz CT molecular complexity index is 703. The highest BCUT2D eigenvalue weighted by Gasteiger charge is 2.40. The molecule has 2 aromatic heterocycles. The van der Waals surface area contributed by atoms with Gasteiger partial charge < -0.3 is 10.0 Å². The minimum absolute atomic E-state index is 0.0497. The standard InChI is InChI=1S/C14H14N4O3S/c1-8-3-6-18(10(8)14(20)21)13(19)9-7-17-12(22-9)11-15-4-2-5-16-11/h2,4-5,7-8,10H,3,6H2,1H3,(H,20,21). The molecule has 0 radical (unpaired) electrons. The molecule has 0 spiro atoms. The van der Waals surface area contributed by atoms with Gasteiger partial charge >= 0.3 is 5.97 Å². The molecule has 7 nitrogen and oxygen atoms in total. The van der Waals surface area contributed by atoms with Crippen LogP contribution in [0, 0.1) is 5.92 Å². The first-order chi connectivity index (χ1) is 10.6. The van der Waals surface area contributed by atoms with Crippen LogP contribution in [-0.2, 0) is 4.79 Å². The average Bonchev–Trinajstić information content (AvgIpc) is 3.14. The van der Waals surface area contributed by atoms with Crippen LogP contribution in [0.4, 0.5) is 0 Å². The van der Waals surface area contributed by atoms with Gasteiger partial charge in [-0.05, 0) is 18.4 Å². The Kier molecular flexibility index (Phi) is 3.84. The van der Waals surface area contributed by atoms with E-state index in [1.165, 1.54) is 22.4 Å². The van der Waals surface area contributed by atoms with E-state index in [2.05, 4.69) is 15.0 Å². The number of thiazole rings is 1. The van der Waals surface area contributed by atoms with Crippen LogP contribution in [0.25, 0.3) is 10.8 Å².